The van der Waals surface area contributed by atoms with Gasteiger partial charge in [-0.2, -0.15) is 13.2 Å². The predicted octanol–water partition coefficient (Wildman–Crippen LogP) is 3.26. The molecule has 2 aliphatic rings. The van der Waals surface area contributed by atoms with Crippen molar-refractivity contribution in [2.45, 2.75) is 38.4 Å². The van der Waals surface area contributed by atoms with E-state index in [0.717, 1.165) is 24.8 Å². The first-order valence-electron chi connectivity index (χ1n) is 7.97. The average Bonchev–Trinajstić information content (AvgIpc) is 2.91. The summed E-state index contributed by atoms with van der Waals surface area (Å²) in [7, 11) is 0. The van der Waals surface area contributed by atoms with Crippen LogP contribution in [0.3, 0.4) is 0 Å². The van der Waals surface area contributed by atoms with Crippen LogP contribution in [0.25, 0.3) is 0 Å². The summed E-state index contributed by atoms with van der Waals surface area (Å²) < 4.78 is 39.1. The van der Waals surface area contributed by atoms with Gasteiger partial charge in [0.2, 0.25) is 0 Å². The molecule has 0 unspecified atom stereocenters. The lowest BCUT2D eigenvalue weighted by atomic mass is 9.90. The van der Waals surface area contributed by atoms with E-state index in [-0.39, 0.29) is 13.1 Å². The highest BCUT2D eigenvalue weighted by atomic mass is 19.4. The molecule has 3 nitrogen and oxygen atoms in total. The summed E-state index contributed by atoms with van der Waals surface area (Å²) in [6.45, 7) is 0.0950. The van der Waals surface area contributed by atoms with Crippen LogP contribution in [0.4, 0.5) is 13.2 Å². The molecule has 3 rings (SSSR count). The molecular weight excluding hydrogens is 307 g/mol. The van der Waals surface area contributed by atoms with E-state index in [1.807, 2.05) is 6.07 Å². The third kappa shape index (κ3) is 3.52. The first kappa shape index (κ1) is 16.3. The van der Waals surface area contributed by atoms with Gasteiger partial charge in [0.05, 0.1) is 11.8 Å². The van der Waals surface area contributed by atoms with Gasteiger partial charge in [-0.25, -0.2) is 0 Å². The lowest BCUT2D eigenvalue weighted by molar-refractivity contribution is -0.188. The number of alkyl halides is 3. The van der Waals surface area contributed by atoms with Crippen molar-refractivity contribution >= 4 is 5.97 Å². The normalized spacial score (nSPS) is 25.3. The summed E-state index contributed by atoms with van der Waals surface area (Å²) in [5.41, 5.74) is 3.59. The van der Waals surface area contributed by atoms with Gasteiger partial charge in [-0.3, -0.25) is 9.69 Å². The van der Waals surface area contributed by atoms with Gasteiger partial charge in [-0.15, -0.1) is 0 Å². The Bertz CT molecular complexity index is 600. The van der Waals surface area contributed by atoms with E-state index in [9.17, 15) is 18.0 Å². The van der Waals surface area contributed by atoms with Crippen LogP contribution in [0.1, 0.15) is 29.5 Å². The Morgan fingerprint density at radius 2 is 1.87 bits per heavy atom. The molecule has 1 saturated heterocycles. The Kier molecular flexibility index (Phi) is 4.36. The highest BCUT2D eigenvalue weighted by Gasteiger charge is 2.52. The van der Waals surface area contributed by atoms with Gasteiger partial charge in [-0.05, 0) is 42.4 Å². The quantitative estimate of drug-likeness (QED) is 0.926. The molecular formula is C17H20F3NO2. The number of rotatable bonds is 3. The molecule has 2 atom stereocenters. The van der Waals surface area contributed by atoms with Crippen LogP contribution < -0.4 is 0 Å². The number of benzene rings is 1. The fourth-order valence-electron chi connectivity index (χ4n) is 3.74. The van der Waals surface area contributed by atoms with Gasteiger partial charge in [-0.1, -0.05) is 18.2 Å². The first-order chi connectivity index (χ1) is 10.8. The smallest absolute Gasteiger partial charge is 0.393 e. The second-order valence-electron chi connectivity index (χ2n) is 6.60. The zero-order chi connectivity index (χ0) is 16.6. The molecule has 1 aromatic carbocycles. The molecule has 1 N–H and O–H groups in total. The van der Waals surface area contributed by atoms with Crippen molar-refractivity contribution in [3.05, 3.63) is 34.9 Å². The maximum atomic E-state index is 13.0. The molecule has 1 aliphatic heterocycles. The number of fused-ring (bicyclic) bond motifs is 1. The molecule has 1 heterocycles. The van der Waals surface area contributed by atoms with Crippen LogP contribution in [0, 0.1) is 11.8 Å². The summed E-state index contributed by atoms with van der Waals surface area (Å²) in [6, 6.07) is 6.10. The molecule has 1 aromatic rings. The van der Waals surface area contributed by atoms with E-state index < -0.39 is 24.0 Å². The van der Waals surface area contributed by atoms with Gasteiger partial charge in [0.1, 0.15) is 0 Å². The van der Waals surface area contributed by atoms with Crippen LogP contribution in [-0.4, -0.2) is 35.2 Å². The third-order valence-electron chi connectivity index (χ3n) is 4.95. The molecule has 23 heavy (non-hydrogen) atoms. The van der Waals surface area contributed by atoms with Crippen LogP contribution in [-0.2, 0) is 24.2 Å². The number of carboxylic acid groups (broad SMARTS) is 1. The van der Waals surface area contributed by atoms with Crippen molar-refractivity contribution in [3.8, 4) is 0 Å². The number of hydrogen-bond acceptors (Lipinski definition) is 2. The molecule has 0 radical (unpaired) electrons. The molecule has 0 amide bonds. The fraction of sp³-hybridized carbons (Fsp3) is 0.588. The largest absolute Gasteiger partial charge is 0.481 e. The predicted molar refractivity (Wildman–Crippen MR) is 79.0 cm³/mol. The second kappa shape index (κ2) is 6.15. The highest BCUT2D eigenvalue weighted by Crippen LogP contribution is 2.38. The number of carbonyl (C=O) groups is 1. The number of carboxylic acids is 1. The van der Waals surface area contributed by atoms with Crippen molar-refractivity contribution in [3.63, 3.8) is 0 Å². The summed E-state index contributed by atoms with van der Waals surface area (Å²) in [4.78, 5) is 12.7. The number of likely N-dealkylation sites (tertiary alicyclic amines) is 1. The minimum absolute atomic E-state index is 0.0450. The number of aryl methyl sites for hydroxylation is 2. The van der Waals surface area contributed by atoms with E-state index in [4.69, 9.17) is 5.11 Å². The van der Waals surface area contributed by atoms with E-state index in [1.165, 1.54) is 17.5 Å². The molecule has 6 heteroatoms. The highest BCUT2D eigenvalue weighted by molar-refractivity contribution is 5.71. The summed E-state index contributed by atoms with van der Waals surface area (Å²) in [5.74, 6) is -4.51. The van der Waals surface area contributed by atoms with Gasteiger partial charge < -0.3 is 5.11 Å². The van der Waals surface area contributed by atoms with E-state index in [1.54, 1.807) is 4.90 Å². The van der Waals surface area contributed by atoms with Crippen molar-refractivity contribution in [1.29, 1.82) is 0 Å². The first-order valence-corrected chi connectivity index (χ1v) is 7.97. The fourth-order valence-corrected chi connectivity index (χ4v) is 3.74. The maximum absolute atomic E-state index is 13.0. The van der Waals surface area contributed by atoms with Crippen LogP contribution in [0.15, 0.2) is 18.2 Å². The minimum atomic E-state index is -4.46. The lowest BCUT2D eigenvalue weighted by Gasteiger charge is -2.20. The van der Waals surface area contributed by atoms with Crippen molar-refractivity contribution < 1.29 is 23.1 Å². The van der Waals surface area contributed by atoms with E-state index in [0.29, 0.717) is 6.54 Å². The maximum Gasteiger partial charge on any atom is 0.393 e. The van der Waals surface area contributed by atoms with Gasteiger partial charge in [0.25, 0.3) is 0 Å². The zero-order valence-corrected chi connectivity index (χ0v) is 12.8. The van der Waals surface area contributed by atoms with Crippen molar-refractivity contribution in [2.75, 3.05) is 13.1 Å². The lowest BCUT2D eigenvalue weighted by Crippen LogP contribution is -2.33. The Balaban J connectivity index is 1.72. The Labute approximate surface area is 133 Å². The second-order valence-corrected chi connectivity index (χ2v) is 6.60. The van der Waals surface area contributed by atoms with Crippen LogP contribution >= 0.6 is 0 Å². The Hall–Kier alpha value is -1.56. The average molecular weight is 327 g/mol. The van der Waals surface area contributed by atoms with Crippen LogP contribution in [0.2, 0.25) is 0 Å². The molecule has 0 aromatic heterocycles. The number of halogens is 3. The van der Waals surface area contributed by atoms with Crippen molar-refractivity contribution in [2.24, 2.45) is 11.8 Å². The monoisotopic (exact) mass is 327 g/mol. The van der Waals surface area contributed by atoms with E-state index >= 15 is 0 Å². The van der Waals surface area contributed by atoms with Crippen LogP contribution in [0.5, 0.6) is 0 Å². The standard InChI is InChI=1S/C17H20F3NO2/c18-17(19,20)15-10-21(9-14(15)16(22)23)8-11-5-6-12-3-1-2-4-13(12)7-11/h5-7,14-15H,1-4,8-10H2,(H,22,23)/t14-,15-/m1/s1. The SMILES string of the molecule is O=C(O)[C@@H]1CN(Cc2ccc3c(c2)CCCC3)C[C@H]1C(F)(F)F. The molecule has 0 bridgehead atoms. The molecule has 1 aliphatic carbocycles. The Morgan fingerprint density at radius 3 is 2.48 bits per heavy atom. The Morgan fingerprint density at radius 1 is 1.17 bits per heavy atom. The zero-order valence-electron chi connectivity index (χ0n) is 12.8. The topological polar surface area (TPSA) is 40.5 Å². The summed E-state index contributed by atoms with van der Waals surface area (Å²) in [6.07, 6.45) is -0.0419. The van der Waals surface area contributed by atoms with E-state index in [2.05, 4.69) is 12.1 Å². The number of aliphatic carboxylic acids is 1. The minimum Gasteiger partial charge on any atom is -0.481 e. The molecule has 126 valence electrons. The van der Waals surface area contributed by atoms with Crippen molar-refractivity contribution in [1.82, 2.24) is 4.90 Å². The summed E-state index contributed by atoms with van der Waals surface area (Å²) in [5, 5.41) is 9.06. The molecule has 0 spiro atoms. The molecule has 1 fully saturated rings. The van der Waals surface area contributed by atoms with Gasteiger partial charge >= 0.3 is 12.1 Å². The third-order valence-corrected chi connectivity index (χ3v) is 4.95. The molecule has 0 saturated carbocycles. The van der Waals surface area contributed by atoms with Gasteiger partial charge in [0.15, 0.2) is 0 Å². The van der Waals surface area contributed by atoms with Gasteiger partial charge in [0, 0.05) is 19.6 Å². The number of nitrogens with zero attached hydrogens (tertiary/aromatic N) is 1. The summed E-state index contributed by atoms with van der Waals surface area (Å²) >= 11 is 0. The number of hydrogen-bond donors (Lipinski definition) is 1.